The predicted octanol–water partition coefficient (Wildman–Crippen LogP) is 14.8. The standard InChI is InChI=1S/C53H39N/c1-53(2)51-34-45(40-18-16-39(17-19-40)36-10-4-3-5-11-36)25-30-49(51)50-31-29-48(35-52(50)53)54(47-28-24-38-13-7-9-15-43(38)33-47)46-26-22-41(23-27-46)44-21-20-37-12-6-8-14-42(37)32-44/h3-35H,1-2H3. The van der Waals surface area contributed by atoms with Gasteiger partial charge in [-0.1, -0.05) is 166 Å². The van der Waals surface area contributed by atoms with Gasteiger partial charge in [-0.15, -0.1) is 0 Å². The van der Waals surface area contributed by atoms with Crippen LogP contribution in [0, 0.1) is 0 Å². The van der Waals surface area contributed by atoms with E-state index in [2.05, 4.69) is 219 Å². The summed E-state index contributed by atoms with van der Waals surface area (Å²) in [6, 6.07) is 73.4. The molecule has 0 spiro atoms. The number of nitrogens with zero attached hydrogens (tertiary/aromatic N) is 1. The molecule has 1 aliphatic rings. The first-order chi connectivity index (χ1) is 26.5. The Morgan fingerprint density at radius 3 is 1.39 bits per heavy atom. The van der Waals surface area contributed by atoms with E-state index < -0.39 is 0 Å². The maximum atomic E-state index is 2.43. The summed E-state index contributed by atoms with van der Waals surface area (Å²) in [7, 11) is 0. The van der Waals surface area contributed by atoms with E-state index in [0.717, 1.165) is 17.1 Å². The van der Waals surface area contributed by atoms with Crippen LogP contribution in [0.2, 0.25) is 0 Å². The fraction of sp³-hybridized carbons (Fsp3) is 0.0566. The van der Waals surface area contributed by atoms with Gasteiger partial charge in [-0.05, 0) is 126 Å². The zero-order chi connectivity index (χ0) is 36.2. The van der Waals surface area contributed by atoms with Crippen molar-refractivity contribution in [3.63, 3.8) is 0 Å². The molecule has 0 aliphatic heterocycles. The second-order valence-electron chi connectivity index (χ2n) is 15.0. The van der Waals surface area contributed by atoms with Gasteiger partial charge in [0.05, 0.1) is 0 Å². The Kier molecular flexibility index (Phi) is 7.56. The van der Waals surface area contributed by atoms with Crippen molar-refractivity contribution in [3.05, 3.63) is 211 Å². The topological polar surface area (TPSA) is 3.24 Å². The van der Waals surface area contributed by atoms with Crippen LogP contribution >= 0.6 is 0 Å². The Hall–Kier alpha value is -6.70. The van der Waals surface area contributed by atoms with Crippen LogP contribution in [0.3, 0.4) is 0 Å². The number of fused-ring (bicyclic) bond motifs is 5. The Morgan fingerprint density at radius 1 is 0.296 bits per heavy atom. The van der Waals surface area contributed by atoms with Crippen LogP contribution < -0.4 is 4.90 Å². The van der Waals surface area contributed by atoms with Gasteiger partial charge in [-0.3, -0.25) is 0 Å². The minimum atomic E-state index is -0.171. The highest BCUT2D eigenvalue weighted by atomic mass is 15.1. The second kappa shape index (κ2) is 12.8. The van der Waals surface area contributed by atoms with E-state index in [4.69, 9.17) is 0 Å². The van der Waals surface area contributed by atoms with Gasteiger partial charge in [0.2, 0.25) is 0 Å². The van der Waals surface area contributed by atoms with Gasteiger partial charge in [0.1, 0.15) is 0 Å². The fourth-order valence-corrected chi connectivity index (χ4v) is 8.46. The molecule has 0 bridgehead atoms. The van der Waals surface area contributed by atoms with Crippen molar-refractivity contribution in [1.82, 2.24) is 0 Å². The molecule has 256 valence electrons. The molecule has 0 N–H and O–H groups in total. The van der Waals surface area contributed by atoms with E-state index >= 15 is 0 Å². The van der Waals surface area contributed by atoms with Crippen molar-refractivity contribution in [2.24, 2.45) is 0 Å². The number of anilines is 3. The summed E-state index contributed by atoms with van der Waals surface area (Å²) in [5.74, 6) is 0. The average molecular weight is 690 g/mol. The minimum Gasteiger partial charge on any atom is -0.310 e. The summed E-state index contributed by atoms with van der Waals surface area (Å²) in [6.07, 6.45) is 0. The van der Waals surface area contributed by atoms with Gasteiger partial charge in [-0.25, -0.2) is 0 Å². The summed E-state index contributed by atoms with van der Waals surface area (Å²) in [5.41, 5.74) is 16.0. The summed E-state index contributed by atoms with van der Waals surface area (Å²) in [5, 5.41) is 4.98. The zero-order valence-electron chi connectivity index (χ0n) is 30.5. The smallest absolute Gasteiger partial charge is 0.0468 e. The van der Waals surface area contributed by atoms with Crippen molar-refractivity contribution in [1.29, 1.82) is 0 Å². The molecule has 1 heteroatoms. The highest BCUT2D eigenvalue weighted by molar-refractivity contribution is 5.92. The van der Waals surface area contributed by atoms with E-state index in [1.165, 1.54) is 77.2 Å². The highest BCUT2D eigenvalue weighted by Crippen LogP contribution is 2.52. The molecule has 0 fully saturated rings. The van der Waals surface area contributed by atoms with Crippen molar-refractivity contribution in [2.45, 2.75) is 19.3 Å². The molecule has 0 unspecified atom stereocenters. The fourth-order valence-electron chi connectivity index (χ4n) is 8.46. The Morgan fingerprint density at radius 2 is 0.704 bits per heavy atom. The molecule has 9 aromatic rings. The van der Waals surface area contributed by atoms with Crippen LogP contribution in [0.5, 0.6) is 0 Å². The molecule has 0 aromatic heterocycles. The van der Waals surface area contributed by atoms with E-state index in [0.29, 0.717) is 0 Å². The third-order valence-electron chi connectivity index (χ3n) is 11.4. The average Bonchev–Trinajstić information content (AvgIpc) is 3.46. The second-order valence-corrected chi connectivity index (χ2v) is 15.0. The van der Waals surface area contributed by atoms with Crippen LogP contribution in [0.15, 0.2) is 200 Å². The van der Waals surface area contributed by atoms with Gasteiger partial charge in [0, 0.05) is 22.5 Å². The van der Waals surface area contributed by atoms with Gasteiger partial charge < -0.3 is 4.90 Å². The first-order valence-corrected chi connectivity index (χ1v) is 18.8. The predicted molar refractivity (Wildman–Crippen MR) is 230 cm³/mol. The van der Waals surface area contributed by atoms with E-state index in [-0.39, 0.29) is 5.41 Å². The van der Waals surface area contributed by atoms with Gasteiger partial charge >= 0.3 is 0 Å². The molecule has 10 rings (SSSR count). The highest BCUT2D eigenvalue weighted by Gasteiger charge is 2.36. The first kappa shape index (κ1) is 32.0. The Labute approximate surface area is 317 Å². The number of benzene rings is 9. The molecule has 0 saturated heterocycles. The van der Waals surface area contributed by atoms with E-state index in [9.17, 15) is 0 Å². The molecular formula is C53H39N. The lowest BCUT2D eigenvalue weighted by Crippen LogP contribution is -2.16. The lowest BCUT2D eigenvalue weighted by atomic mass is 9.81. The first-order valence-electron chi connectivity index (χ1n) is 18.8. The van der Waals surface area contributed by atoms with Crippen molar-refractivity contribution in [3.8, 4) is 44.5 Å². The molecular weight excluding hydrogens is 651 g/mol. The van der Waals surface area contributed by atoms with Crippen LogP contribution in [-0.4, -0.2) is 0 Å². The molecule has 9 aromatic carbocycles. The van der Waals surface area contributed by atoms with Crippen molar-refractivity contribution < 1.29 is 0 Å². The maximum absolute atomic E-state index is 2.43. The summed E-state index contributed by atoms with van der Waals surface area (Å²) >= 11 is 0. The molecule has 54 heavy (non-hydrogen) atoms. The number of hydrogen-bond donors (Lipinski definition) is 0. The van der Waals surface area contributed by atoms with Crippen LogP contribution in [0.25, 0.3) is 66.1 Å². The third-order valence-corrected chi connectivity index (χ3v) is 11.4. The van der Waals surface area contributed by atoms with Gasteiger partial charge in [0.25, 0.3) is 0 Å². The van der Waals surface area contributed by atoms with Gasteiger partial charge in [0.15, 0.2) is 0 Å². The number of rotatable bonds is 6. The molecule has 0 radical (unpaired) electrons. The lowest BCUT2D eigenvalue weighted by molar-refractivity contribution is 0.660. The van der Waals surface area contributed by atoms with Crippen LogP contribution in [0.1, 0.15) is 25.0 Å². The monoisotopic (exact) mass is 689 g/mol. The Bertz CT molecular complexity index is 2830. The number of hydrogen-bond acceptors (Lipinski definition) is 1. The third kappa shape index (κ3) is 5.49. The molecule has 0 saturated carbocycles. The Balaban J connectivity index is 1.03. The lowest BCUT2D eigenvalue weighted by Gasteiger charge is -2.28. The molecule has 1 nitrogen and oxygen atoms in total. The minimum absolute atomic E-state index is 0.171. The SMILES string of the molecule is CC1(C)c2cc(-c3ccc(-c4ccccc4)cc3)ccc2-c2ccc(N(c3ccc(-c4ccc5ccccc5c4)cc3)c3ccc4ccccc4c3)cc21. The molecule has 0 heterocycles. The van der Waals surface area contributed by atoms with Crippen LogP contribution in [-0.2, 0) is 5.41 Å². The van der Waals surface area contributed by atoms with E-state index in [1.54, 1.807) is 0 Å². The maximum Gasteiger partial charge on any atom is 0.0468 e. The molecule has 1 aliphatic carbocycles. The molecule has 0 amide bonds. The molecule has 0 atom stereocenters. The zero-order valence-corrected chi connectivity index (χ0v) is 30.5. The summed E-state index contributed by atoms with van der Waals surface area (Å²) in [4.78, 5) is 2.41. The largest absolute Gasteiger partial charge is 0.310 e. The summed E-state index contributed by atoms with van der Waals surface area (Å²) < 4.78 is 0. The van der Waals surface area contributed by atoms with Crippen LogP contribution in [0.4, 0.5) is 17.1 Å². The summed E-state index contributed by atoms with van der Waals surface area (Å²) in [6.45, 7) is 4.75. The van der Waals surface area contributed by atoms with Gasteiger partial charge in [-0.2, -0.15) is 0 Å². The quantitative estimate of drug-likeness (QED) is 0.168. The normalized spacial score (nSPS) is 12.8. The van der Waals surface area contributed by atoms with E-state index in [1.807, 2.05) is 0 Å². The van der Waals surface area contributed by atoms with Crippen molar-refractivity contribution in [2.75, 3.05) is 4.90 Å². The van der Waals surface area contributed by atoms with Crippen molar-refractivity contribution >= 4 is 38.6 Å².